The lowest BCUT2D eigenvalue weighted by atomic mass is 10.0. The van der Waals surface area contributed by atoms with E-state index in [4.69, 9.17) is 5.73 Å². The number of hydrogen-bond donors (Lipinski definition) is 2. The first kappa shape index (κ1) is 29.7. The second-order valence-electron chi connectivity index (χ2n) is 11.4. The molecule has 0 aromatic heterocycles. The first-order valence-corrected chi connectivity index (χ1v) is 15.6. The molecule has 0 saturated heterocycles. The molecule has 6 aromatic carbocycles. The minimum Gasteiger partial charge on any atom is -0.385 e. The average molecular weight is 589 g/mol. The number of aryl methyl sites for hydroxylation is 2. The van der Waals surface area contributed by atoms with Crippen molar-refractivity contribution in [3.8, 4) is 11.1 Å². The zero-order valence-electron chi connectivity index (χ0n) is 26.2. The van der Waals surface area contributed by atoms with Crippen LogP contribution >= 0.6 is 0 Å². The Labute approximate surface area is 267 Å². The maximum atomic E-state index is 5.87. The van der Waals surface area contributed by atoms with E-state index in [1.54, 1.807) is 0 Å². The molecule has 4 heteroatoms. The highest BCUT2D eigenvalue weighted by Crippen LogP contribution is 2.38. The van der Waals surface area contributed by atoms with Gasteiger partial charge >= 0.3 is 0 Å². The van der Waals surface area contributed by atoms with Crippen LogP contribution < -0.4 is 20.9 Å². The van der Waals surface area contributed by atoms with Crippen molar-refractivity contribution in [1.29, 1.82) is 0 Å². The molecule has 0 spiro atoms. The molecule has 0 aliphatic rings. The van der Waals surface area contributed by atoms with E-state index in [1.807, 2.05) is 0 Å². The van der Waals surface area contributed by atoms with Crippen molar-refractivity contribution >= 4 is 39.8 Å². The molecular formula is C41H40N4. The molecule has 6 aromatic rings. The van der Waals surface area contributed by atoms with Gasteiger partial charge in [0, 0.05) is 52.9 Å². The number of benzene rings is 6. The monoisotopic (exact) mass is 588 g/mol. The Kier molecular flexibility index (Phi) is 8.95. The van der Waals surface area contributed by atoms with Gasteiger partial charge in [0.2, 0.25) is 0 Å². The molecule has 0 atom stereocenters. The van der Waals surface area contributed by atoms with Crippen LogP contribution in [0.4, 0.5) is 39.8 Å². The average Bonchev–Trinajstić information content (AvgIpc) is 3.09. The van der Waals surface area contributed by atoms with Gasteiger partial charge in [-0.15, -0.1) is 0 Å². The molecule has 0 aliphatic heterocycles. The summed E-state index contributed by atoms with van der Waals surface area (Å²) in [6.07, 6.45) is 0. The number of anilines is 7. The summed E-state index contributed by atoms with van der Waals surface area (Å²) in [6, 6.07) is 52.1. The number of nitrogens with two attached hydrogens (primary N) is 1. The third-order valence-corrected chi connectivity index (χ3v) is 8.11. The summed E-state index contributed by atoms with van der Waals surface area (Å²) in [7, 11) is 0. The molecule has 0 bridgehead atoms. The fourth-order valence-corrected chi connectivity index (χ4v) is 5.60. The van der Waals surface area contributed by atoms with Gasteiger partial charge < -0.3 is 20.9 Å². The highest BCUT2D eigenvalue weighted by molar-refractivity contribution is 5.81. The van der Waals surface area contributed by atoms with E-state index >= 15 is 0 Å². The molecule has 0 saturated carbocycles. The minimum atomic E-state index is 0.532. The van der Waals surface area contributed by atoms with E-state index in [0.717, 1.165) is 51.9 Å². The molecule has 3 N–H and O–H groups in total. The number of nitrogens with one attached hydrogen (secondary N) is 1. The topological polar surface area (TPSA) is 44.5 Å². The van der Waals surface area contributed by atoms with Gasteiger partial charge in [0.1, 0.15) is 0 Å². The molecule has 6 rings (SSSR count). The second-order valence-corrected chi connectivity index (χ2v) is 11.4. The number of nitrogens with zero attached hydrogens (tertiary/aromatic N) is 2. The van der Waals surface area contributed by atoms with Crippen LogP contribution in [0.1, 0.15) is 23.6 Å². The van der Waals surface area contributed by atoms with Crippen LogP contribution in [0.25, 0.3) is 11.1 Å². The van der Waals surface area contributed by atoms with Crippen molar-refractivity contribution in [3.05, 3.63) is 162 Å². The summed E-state index contributed by atoms with van der Waals surface area (Å²) < 4.78 is 0. The SMILES string of the molecule is CCNc1ccc(N(c2ccc(C)cc2)c2ccc(-c3ccc(N(c4ccc(C)cc4)c4ccc(CN)cc4)cc3)cc2)cc1. The fraction of sp³-hybridized carbons (Fsp3) is 0.122. The normalized spacial score (nSPS) is 10.8. The van der Waals surface area contributed by atoms with Gasteiger partial charge in [-0.1, -0.05) is 71.8 Å². The van der Waals surface area contributed by atoms with Gasteiger partial charge in [-0.2, -0.15) is 0 Å². The van der Waals surface area contributed by atoms with Crippen molar-refractivity contribution < 1.29 is 0 Å². The minimum absolute atomic E-state index is 0.532. The Balaban J connectivity index is 1.30. The van der Waals surface area contributed by atoms with Gasteiger partial charge in [-0.25, -0.2) is 0 Å². The van der Waals surface area contributed by atoms with Crippen LogP contribution in [0.2, 0.25) is 0 Å². The largest absolute Gasteiger partial charge is 0.385 e. The lowest BCUT2D eigenvalue weighted by Crippen LogP contribution is -2.10. The Morgan fingerprint density at radius 1 is 0.444 bits per heavy atom. The quantitative estimate of drug-likeness (QED) is 0.167. The van der Waals surface area contributed by atoms with E-state index in [1.165, 1.54) is 22.3 Å². The van der Waals surface area contributed by atoms with Gasteiger partial charge in [-0.3, -0.25) is 0 Å². The predicted octanol–water partition coefficient (Wildman–Crippen LogP) is 10.8. The third kappa shape index (κ3) is 6.77. The fourth-order valence-electron chi connectivity index (χ4n) is 5.60. The van der Waals surface area contributed by atoms with Crippen LogP contribution in [0, 0.1) is 13.8 Å². The molecule has 0 aliphatic carbocycles. The molecule has 4 nitrogen and oxygen atoms in total. The molecule has 0 heterocycles. The van der Waals surface area contributed by atoms with Crippen LogP contribution in [0.3, 0.4) is 0 Å². The molecule has 0 fully saturated rings. The predicted molar refractivity (Wildman–Crippen MR) is 193 cm³/mol. The third-order valence-electron chi connectivity index (χ3n) is 8.11. The van der Waals surface area contributed by atoms with Gasteiger partial charge in [-0.05, 0) is 122 Å². The second kappa shape index (κ2) is 13.5. The van der Waals surface area contributed by atoms with Crippen molar-refractivity contribution in [1.82, 2.24) is 0 Å². The molecule has 45 heavy (non-hydrogen) atoms. The summed E-state index contributed by atoms with van der Waals surface area (Å²) in [5.41, 5.74) is 19.6. The molecule has 224 valence electrons. The zero-order valence-corrected chi connectivity index (χ0v) is 26.2. The Bertz CT molecular complexity index is 1810. The molecular weight excluding hydrogens is 548 g/mol. The Hall–Kier alpha value is -5.32. The Morgan fingerprint density at radius 2 is 0.756 bits per heavy atom. The van der Waals surface area contributed by atoms with E-state index in [2.05, 4.69) is 181 Å². The van der Waals surface area contributed by atoms with Gasteiger partial charge in [0.25, 0.3) is 0 Å². The summed E-state index contributed by atoms with van der Waals surface area (Å²) in [5, 5.41) is 3.40. The highest BCUT2D eigenvalue weighted by atomic mass is 15.1. The standard InChI is InChI=1S/C41H40N4/c1-4-43-35-15-27-41(28-16-35)45(37-19-7-31(3)8-20-37)40-25-13-34(14-26-40)33-11-23-39(24-12-33)44(36-17-5-30(2)6-18-36)38-21-9-32(29-42)10-22-38/h5-28,43H,4,29,42H2,1-3H3. The molecule has 0 amide bonds. The van der Waals surface area contributed by atoms with E-state index in [9.17, 15) is 0 Å². The molecule has 0 radical (unpaired) electrons. The maximum absolute atomic E-state index is 5.87. The molecule has 0 unspecified atom stereocenters. The number of rotatable bonds is 10. The van der Waals surface area contributed by atoms with E-state index in [0.29, 0.717) is 6.54 Å². The van der Waals surface area contributed by atoms with Crippen molar-refractivity contribution in [2.45, 2.75) is 27.3 Å². The lowest BCUT2D eigenvalue weighted by molar-refractivity contribution is 1.07. The van der Waals surface area contributed by atoms with Gasteiger partial charge in [0.15, 0.2) is 0 Å². The first-order chi connectivity index (χ1) is 22.0. The summed E-state index contributed by atoms with van der Waals surface area (Å²) in [5.74, 6) is 0. The first-order valence-electron chi connectivity index (χ1n) is 15.6. The zero-order chi connectivity index (χ0) is 31.2. The van der Waals surface area contributed by atoms with Crippen molar-refractivity contribution in [3.63, 3.8) is 0 Å². The smallest absolute Gasteiger partial charge is 0.0463 e. The van der Waals surface area contributed by atoms with Crippen molar-refractivity contribution in [2.24, 2.45) is 5.73 Å². The summed E-state index contributed by atoms with van der Waals surface area (Å²) in [4.78, 5) is 4.59. The van der Waals surface area contributed by atoms with Crippen molar-refractivity contribution in [2.75, 3.05) is 21.7 Å². The van der Waals surface area contributed by atoms with Gasteiger partial charge in [0.05, 0.1) is 0 Å². The maximum Gasteiger partial charge on any atom is 0.0463 e. The summed E-state index contributed by atoms with van der Waals surface area (Å²) >= 11 is 0. The lowest BCUT2D eigenvalue weighted by Gasteiger charge is -2.26. The Morgan fingerprint density at radius 3 is 1.09 bits per heavy atom. The van der Waals surface area contributed by atoms with Crippen LogP contribution in [-0.4, -0.2) is 6.54 Å². The van der Waals surface area contributed by atoms with Crippen LogP contribution in [0.15, 0.2) is 146 Å². The van der Waals surface area contributed by atoms with Crippen LogP contribution in [-0.2, 0) is 6.54 Å². The van der Waals surface area contributed by atoms with E-state index in [-0.39, 0.29) is 0 Å². The van der Waals surface area contributed by atoms with E-state index < -0.39 is 0 Å². The number of hydrogen-bond acceptors (Lipinski definition) is 4. The van der Waals surface area contributed by atoms with Crippen LogP contribution in [0.5, 0.6) is 0 Å². The summed E-state index contributed by atoms with van der Waals surface area (Å²) in [6.45, 7) is 7.78. The highest BCUT2D eigenvalue weighted by Gasteiger charge is 2.15.